The van der Waals surface area contributed by atoms with Crippen molar-refractivity contribution in [1.82, 2.24) is 0 Å². The highest BCUT2D eigenvalue weighted by molar-refractivity contribution is 5.86. The minimum atomic E-state index is -1.83. The second kappa shape index (κ2) is 10.5. The van der Waals surface area contributed by atoms with Gasteiger partial charge in [-0.2, -0.15) is 0 Å². The number of carboxylic acid groups (broad SMARTS) is 2. The first kappa shape index (κ1) is 19.8. The highest BCUT2D eigenvalue weighted by Crippen LogP contribution is 2.35. The molecule has 2 rings (SSSR count). The summed E-state index contributed by atoms with van der Waals surface area (Å²) in [6.07, 6.45) is 4.27. The van der Waals surface area contributed by atoms with Crippen molar-refractivity contribution in [2.24, 2.45) is 0 Å². The number of ether oxygens (including phenoxy) is 2. The van der Waals surface area contributed by atoms with Gasteiger partial charge in [-0.15, -0.1) is 0 Å². The predicted octanol–water partition coefficient (Wildman–Crippen LogP) is 4.93. The van der Waals surface area contributed by atoms with Crippen LogP contribution in [0.3, 0.4) is 0 Å². The molecule has 132 valence electrons. The maximum absolute atomic E-state index is 8.56. The molecule has 2 N–H and O–H groups in total. The first-order chi connectivity index (χ1) is 12.0. The van der Waals surface area contributed by atoms with Crippen LogP contribution in [0.5, 0.6) is 11.5 Å². The summed E-state index contributed by atoms with van der Waals surface area (Å²) in [6.45, 7) is 2.00. The van der Waals surface area contributed by atoms with Gasteiger partial charge >= 0.3 is 6.16 Å². The largest absolute Gasteiger partial charge is 0.503 e. The molecule has 0 aliphatic heterocycles. The first-order valence-electron chi connectivity index (χ1n) is 7.56. The van der Waals surface area contributed by atoms with E-state index < -0.39 is 6.16 Å². The summed E-state index contributed by atoms with van der Waals surface area (Å²) >= 11 is 0. The number of rotatable bonds is 5. The van der Waals surface area contributed by atoms with E-state index in [1.54, 1.807) is 14.2 Å². The van der Waals surface area contributed by atoms with Crippen molar-refractivity contribution in [3.63, 3.8) is 0 Å². The number of hydrogen-bond donors (Lipinski definition) is 2. The van der Waals surface area contributed by atoms with Crippen LogP contribution in [0.1, 0.15) is 18.1 Å². The third-order valence-corrected chi connectivity index (χ3v) is 3.25. The van der Waals surface area contributed by atoms with E-state index in [2.05, 4.69) is 18.2 Å². The van der Waals surface area contributed by atoms with Crippen LogP contribution in [0, 0.1) is 0 Å². The van der Waals surface area contributed by atoms with Gasteiger partial charge in [0, 0.05) is 11.1 Å². The van der Waals surface area contributed by atoms with E-state index in [-0.39, 0.29) is 0 Å². The van der Waals surface area contributed by atoms with Gasteiger partial charge in [-0.1, -0.05) is 54.6 Å². The van der Waals surface area contributed by atoms with Gasteiger partial charge in [0.1, 0.15) is 11.5 Å². The first-order valence-corrected chi connectivity index (χ1v) is 7.56. The fourth-order valence-electron chi connectivity index (χ4n) is 2.25. The molecule has 0 amide bonds. The Bertz CT molecular complexity index is 694. The molecule has 5 nitrogen and oxygen atoms in total. The van der Waals surface area contributed by atoms with Crippen LogP contribution >= 0.6 is 0 Å². The lowest BCUT2D eigenvalue weighted by molar-refractivity contribution is 0.137. The van der Waals surface area contributed by atoms with Crippen LogP contribution < -0.4 is 9.47 Å². The standard InChI is InChI=1S/C19H20O2.CH2O3/c1-4-5-10-15(16-11-6-8-13-18(16)20-2)17-12-7-9-14-19(17)21-3;2-1(3)4/h4-14H,1-3H3;(H2,2,3,4)/b5-4+;. The lowest BCUT2D eigenvalue weighted by Gasteiger charge is -2.15. The zero-order chi connectivity index (χ0) is 18.7. The molecular weight excluding hydrogens is 320 g/mol. The van der Waals surface area contributed by atoms with E-state index in [0.717, 1.165) is 28.2 Å². The molecule has 5 heteroatoms. The van der Waals surface area contributed by atoms with Crippen molar-refractivity contribution in [1.29, 1.82) is 0 Å². The Morgan fingerprint density at radius 1 is 0.880 bits per heavy atom. The van der Waals surface area contributed by atoms with E-state index in [1.165, 1.54) is 0 Å². The third-order valence-electron chi connectivity index (χ3n) is 3.25. The molecule has 0 spiro atoms. The molecule has 0 atom stereocenters. The molecule has 0 fully saturated rings. The van der Waals surface area contributed by atoms with E-state index >= 15 is 0 Å². The second-order valence-electron chi connectivity index (χ2n) is 4.79. The van der Waals surface area contributed by atoms with Gasteiger partial charge in [0.25, 0.3) is 0 Å². The Morgan fingerprint density at radius 2 is 1.28 bits per heavy atom. The number of benzene rings is 2. The Morgan fingerprint density at radius 3 is 1.64 bits per heavy atom. The van der Waals surface area contributed by atoms with Gasteiger partial charge < -0.3 is 19.7 Å². The summed E-state index contributed by atoms with van der Waals surface area (Å²) in [4.78, 5) is 8.56. The van der Waals surface area contributed by atoms with E-state index in [0.29, 0.717) is 0 Å². The number of allylic oxidation sites excluding steroid dienone is 3. The number of para-hydroxylation sites is 2. The molecule has 0 heterocycles. The normalized spacial score (nSPS) is 9.72. The summed E-state index contributed by atoms with van der Waals surface area (Å²) in [5.74, 6) is 1.69. The Labute approximate surface area is 147 Å². The monoisotopic (exact) mass is 342 g/mol. The summed E-state index contributed by atoms with van der Waals surface area (Å²) in [6, 6.07) is 16.0. The van der Waals surface area contributed by atoms with Crippen LogP contribution in [-0.4, -0.2) is 30.6 Å². The van der Waals surface area contributed by atoms with Crippen LogP contribution in [0.25, 0.3) is 5.57 Å². The average Bonchev–Trinajstić information content (AvgIpc) is 2.62. The lowest BCUT2D eigenvalue weighted by atomic mass is 9.95. The molecule has 0 saturated heterocycles. The second-order valence-corrected chi connectivity index (χ2v) is 4.79. The maximum atomic E-state index is 8.56. The highest BCUT2D eigenvalue weighted by Gasteiger charge is 2.13. The molecular formula is C20H22O5. The fourth-order valence-corrected chi connectivity index (χ4v) is 2.25. The average molecular weight is 342 g/mol. The third kappa shape index (κ3) is 6.06. The minimum absolute atomic E-state index is 0.846. The van der Waals surface area contributed by atoms with Gasteiger partial charge in [-0.3, -0.25) is 0 Å². The summed E-state index contributed by atoms with van der Waals surface area (Å²) in [7, 11) is 3.38. The SMILES string of the molecule is C/C=C/C=C(c1ccccc1OC)c1ccccc1OC.O=C(O)O. The molecule has 0 bridgehead atoms. The zero-order valence-electron chi connectivity index (χ0n) is 14.5. The Hall–Kier alpha value is -3.21. The quantitative estimate of drug-likeness (QED) is 0.753. The molecule has 0 unspecified atom stereocenters. The highest BCUT2D eigenvalue weighted by atomic mass is 16.6. The van der Waals surface area contributed by atoms with Crippen LogP contribution in [0.2, 0.25) is 0 Å². The number of methoxy groups -OCH3 is 2. The Balaban J connectivity index is 0.000000705. The summed E-state index contributed by atoms with van der Waals surface area (Å²) in [5.41, 5.74) is 3.16. The maximum Gasteiger partial charge on any atom is 0.503 e. The van der Waals surface area contributed by atoms with Crippen LogP contribution in [0.15, 0.2) is 66.8 Å². The molecule has 0 radical (unpaired) electrons. The van der Waals surface area contributed by atoms with Crippen molar-refractivity contribution in [2.45, 2.75) is 6.92 Å². The topological polar surface area (TPSA) is 76.0 Å². The van der Waals surface area contributed by atoms with Gasteiger partial charge in [-0.05, 0) is 24.6 Å². The van der Waals surface area contributed by atoms with Crippen molar-refractivity contribution < 1.29 is 24.5 Å². The van der Waals surface area contributed by atoms with Gasteiger partial charge in [0.05, 0.1) is 14.2 Å². The number of hydrogen-bond acceptors (Lipinski definition) is 3. The van der Waals surface area contributed by atoms with Crippen molar-refractivity contribution >= 4 is 11.7 Å². The van der Waals surface area contributed by atoms with E-state index in [1.807, 2.05) is 55.5 Å². The molecule has 0 saturated carbocycles. The smallest absolute Gasteiger partial charge is 0.496 e. The molecule has 0 aromatic heterocycles. The summed E-state index contributed by atoms with van der Waals surface area (Å²) < 4.78 is 11.0. The molecule has 25 heavy (non-hydrogen) atoms. The van der Waals surface area contributed by atoms with E-state index in [4.69, 9.17) is 24.5 Å². The molecule has 2 aromatic carbocycles. The fraction of sp³-hybridized carbons (Fsp3) is 0.150. The zero-order valence-corrected chi connectivity index (χ0v) is 14.5. The molecule has 2 aromatic rings. The Kier molecular flexibility index (Phi) is 8.37. The van der Waals surface area contributed by atoms with Crippen molar-refractivity contribution in [3.8, 4) is 11.5 Å². The van der Waals surface area contributed by atoms with Crippen LogP contribution in [0.4, 0.5) is 4.79 Å². The lowest BCUT2D eigenvalue weighted by Crippen LogP contribution is -1.96. The van der Waals surface area contributed by atoms with Gasteiger partial charge in [0.15, 0.2) is 0 Å². The minimum Gasteiger partial charge on any atom is -0.496 e. The molecule has 0 aliphatic rings. The predicted molar refractivity (Wildman–Crippen MR) is 98.5 cm³/mol. The van der Waals surface area contributed by atoms with Crippen LogP contribution in [-0.2, 0) is 0 Å². The number of carbonyl (C=O) groups is 1. The van der Waals surface area contributed by atoms with Crippen molar-refractivity contribution in [2.75, 3.05) is 14.2 Å². The van der Waals surface area contributed by atoms with Crippen molar-refractivity contribution in [3.05, 3.63) is 77.9 Å². The van der Waals surface area contributed by atoms with Gasteiger partial charge in [0.2, 0.25) is 0 Å². The summed E-state index contributed by atoms with van der Waals surface area (Å²) in [5, 5.41) is 13.9. The molecule has 0 aliphatic carbocycles. The van der Waals surface area contributed by atoms with Gasteiger partial charge in [-0.25, -0.2) is 4.79 Å². The van der Waals surface area contributed by atoms with E-state index in [9.17, 15) is 0 Å².